The molecule has 1 saturated heterocycles. The molecule has 0 radical (unpaired) electrons. The van der Waals surface area contributed by atoms with Crippen LogP contribution >= 0.6 is 0 Å². The molecule has 0 bridgehead atoms. The van der Waals surface area contributed by atoms with Crippen LogP contribution in [0, 0.1) is 0 Å². The number of benzene rings is 2. The maximum atomic E-state index is 11.4. The van der Waals surface area contributed by atoms with E-state index in [1.165, 1.54) is 5.56 Å². The summed E-state index contributed by atoms with van der Waals surface area (Å²) >= 11 is 0. The second kappa shape index (κ2) is 8.40. The van der Waals surface area contributed by atoms with Crippen LogP contribution in [0.15, 0.2) is 52.9 Å². The van der Waals surface area contributed by atoms with E-state index in [0.717, 1.165) is 19.6 Å². The fourth-order valence-corrected chi connectivity index (χ4v) is 4.00. The number of hydrogen-bond donors (Lipinski definition) is 1. The van der Waals surface area contributed by atoms with Crippen molar-refractivity contribution in [2.45, 2.75) is 32.5 Å². The van der Waals surface area contributed by atoms with Crippen molar-refractivity contribution in [3.05, 3.63) is 59.7 Å². The summed E-state index contributed by atoms with van der Waals surface area (Å²) in [4.78, 5) is 20.6. The zero-order valence-electron chi connectivity index (χ0n) is 17.5. The summed E-state index contributed by atoms with van der Waals surface area (Å²) in [6.45, 7) is 7.01. The van der Waals surface area contributed by atoms with Crippen molar-refractivity contribution < 1.29 is 34.6 Å². The molecule has 28 heavy (non-hydrogen) atoms. The van der Waals surface area contributed by atoms with Gasteiger partial charge in [-0.25, -0.2) is 4.79 Å². The third kappa shape index (κ3) is 3.95. The van der Waals surface area contributed by atoms with E-state index in [9.17, 15) is 9.90 Å². The van der Waals surface area contributed by atoms with Gasteiger partial charge < -0.3 is 15.9 Å². The first kappa shape index (κ1) is 20.5. The van der Waals surface area contributed by atoms with Gasteiger partial charge in [0, 0.05) is 31.7 Å². The standard InChI is InChI=1S/C21H23N3O3.Li.H/c1-14-11-23(13-16-7-4-3-5-8-16)12-15(2)24(14)21-22-19-17(20(25)26)9-6-10-18(19)27-21;;/h3-10,14-15H,11-13H2,1-2H3,(H,25,26);;/q;+1;-1. The van der Waals surface area contributed by atoms with Gasteiger partial charge in [0.2, 0.25) is 0 Å². The molecule has 2 heterocycles. The van der Waals surface area contributed by atoms with Gasteiger partial charge in [-0.15, -0.1) is 0 Å². The zero-order chi connectivity index (χ0) is 19.0. The minimum absolute atomic E-state index is 0. The van der Waals surface area contributed by atoms with E-state index < -0.39 is 5.97 Å². The number of nitrogens with zero attached hydrogens (tertiary/aromatic N) is 3. The van der Waals surface area contributed by atoms with Crippen LogP contribution in [0.4, 0.5) is 6.01 Å². The molecular weight excluding hydrogens is 349 g/mol. The Bertz CT molecular complexity index is 954. The maximum Gasteiger partial charge on any atom is 1.00 e. The van der Waals surface area contributed by atoms with Gasteiger partial charge in [0.05, 0.1) is 5.56 Å². The summed E-state index contributed by atoms with van der Waals surface area (Å²) in [6, 6.07) is 16.4. The number of anilines is 1. The normalized spacial score (nSPS) is 20.1. The molecule has 4 rings (SSSR count). The van der Waals surface area contributed by atoms with Crippen molar-refractivity contribution in [3.8, 4) is 0 Å². The quantitative estimate of drug-likeness (QED) is 0.681. The van der Waals surface area contributed by atoms with E-state index in [1.54, 1.807) is 18.2 Å². The van der Waals surface area contributed by atoms with Gasteiger partial charge in [-0.2, -0.15) is 4.98 Å². The molecule has 6 nitrogen and oxygen atoms in total. The Morgan fingerprint density at radius 1 is 1.14 bits per heavy atom. The van der Waals surface area contributed by atoms with E-state index >= 15 is 0 Å². The van der Waals surface area contributed by atoms with Crippen molar-refractivity contribution in [1.82, 2.24) is 9.88 Å². The predicted molar refractivity (Wildman–Crippen MR) is 105 cm³/mol. The largest absolute Gasteiger partial charge is 1.00 e. The van der Waals surface area contributed by atoms with Gasteiger partial charge in [-0.1, -0.05) is 36.4 Å². The Balaban J connectivity index is 0.00000150. The summed E-state index contributed by atoms with van der Waals surface area (Å²) < 4.78 is 5.93. The molecule has 0 spiro atoms. The number of carboxylic acids is 1. The van der Waals surface area contributed by atoms with Gasteiger partial charge >= 0.3 is 24.8 Å². The van der Waals surface area contributed by atoms with Gasteiger partial charge in [0.15, 0.2) is 5.58 Å². The number of aromatic nitrogens is 1. The molecule has 3 aromatic rings. The smallest absolute Gasteiger partial charge is 1.00 e. The fourth-order valence-electron chi connectivity index (χ4n) is 4.00. The third-order valence-electron chi connectivity index (χ3n) is 5.10. The van der Waals surface area contributed by atoms with Crippen molar-refractivity contribution in [2.24, 2.45) is 0 Å². The van der Waals surface area contributed by atoms with Gasteiger partial charge in [-0.05, 0) is 31.5 Å². The second-order valence-corrected chi connectivity index (χ2v) is 7.24. The van der Waals surface area contributed by atoms with Crippen LogP contribution in [0.2, 0.25) is 0 Å². The minimum Gasteiger partial charge on any atom is -1.00 e. The first-order valence-electron chi connectivity index (χ1n) is 9.20. The first-order chi connectivity index (χ1) is 13.0. The Morgan fingerprint density at radius 2 is 1.82 bits per heavy atom. The van der Waals surface area contributed by atoms with Gasteiger partial charge in [0.25, 0.3) is 6.01 Å². The SMILES string of the molecule is CC1CN(Cc2ccccc2)CC(C)N1c1nc2c(C(=O)O)cccc2o1.[H-].[Li+]. The van der Waals surface area contributed by atoms with Crippen molar-refractivity contribution in [2.75, 3.05) is 18.0 Å². The zero-order valence-corrected chi connectivity index (χ0v) is 16.5. The Morgan fingerprint density at radius 3 is 2.46 bits per heavy atom. The number of hydrogen-bond acceptors (Lipinski definition) is 5. The Hall–Kier alpha value is -2.26. The molecule has 1 N–H and O–H groups in total. The van der Waals surface area contributed by atoms with Crippen LogP contribution < -0.4 is 23.8 Å². The molecule has 1 aliphatic rings. The van der Waals surface area contributed by atoms with E-state index in [0.29, 0.717) is 17.1 Å². The number of fused-ring (bicyclic) bond motifs is 1. The van der Waals surface area contributed by atoms with E-state index in [2.05, 4.69) is 52.9 Å². The van der Waals surface area contributed by atoms with Crippen molar-refractivity contribution >= 4 is 23.1 Å². The summed E-state index contributed by atoms with van der Waals surface area (Å²) in [7, 11) is 0. The van der Waals surface area contributed by atoms with Crippen LogP contribution in [-0.4, -0.2) is 46.1 Å². The average molecular weight is 373 g/mol. The number of oxazole rings is 1. The number of aromatic carboxylic acids is 1. The average Bonchev–Trinajstić information content (AvgIpc) is 3.05. The number of rotatable bonds is 4. The Kier molecular flexibility index (Phi) is 6.14. The number of piperazine rings is 1. The maximum absolute atomic E-state index is 11.4. The molecule has 2 aromatic carbocycles. The van der Waals surface area contributed by atoms with Gasteiger partial charge in [-0.3, -0.25) is 4.90 Å². The molecule has 7 heteroatoms. The summed E-state index contributed by atoms with van der Waals surface area (Å²) in [5, 5.41) is 9.38. The van der Waals surface area contributed by atoms with Crippen molar-refractivity contribution in [1.29, 1.82) is 0 Å². The topological polar surface area (TPSA) is 69.8 Å². The fraction of sp³-hybridized carbons (Fsp3) is 0.333. The van der Waals surface area contributed by atoms with Crippen LogP contribution in [0.3, 0.4) is 0 Å². The van der Waals surface area contributed by atoms with Crippen molar-refractivity contribution in [3.63, 3.8) is 0 Å². The van der Waals surface area contributed by atoms with Crippen LogP contribution in [0.1, 0.15) is 31.2 Å². The number of para-hydroxylation sites is 1. The third-order valence-corrected chi connectivity index (χ3v) is 5.10. The molecule has 1 aliphatic heterocycles. The van der Waals surface area contributed by atoms with Crippen LogP contribution in [-0.2, 0) is 6.54 Å². The van der Waals surface area contributed by atoms with Crippen LogP contribution in [0.5, 0.6) is 0 Å². The van der Waals surface area contributed by atoms with E-state index in [4.69, 9.17) is 4.42 Å². The monoisotopic (exact) mass is 373 g/mol. The molecule has 0 saturated carbocycles. The Labute approximate surface area is 177 Å². The van der Waals surface area contributed by atoms with E-state index in [-0.39, 0.29) is 37.9 Å². The molecule has 0 amide bonds. The molecule has 2 unspecified atom stereocenters. The number of carboxylic acid groups (broad SMARTS) is 1. The van der Waals surface area contributed by atoms with E-state index in [1.807, 2.05) is 6.07 Å². The second-order valence-electron chi connectivity index (χ2n) is 7.24. The summed E-state index contributed by atoms with van der Waals surface area (Å²) in [5.74, 6) is -0.991. The number of carbonyl (C=O) groups is 1. The summed E-state index contributed by atoms with van der Waals surface area (Å²) in [5.41, 5.74) is 2.39. The first-order valence-corrected chi connectivity index (χ1v) is 9.20. The molecular formula is C21H24LiN3O3. The predicted octanol–water partition coefficient (Wildman–Crippen LogP) is 0.742. The molecule has 0 aliphatic carbocycles. The minimum atomic E-state index is -0.991. The summed E-state index contributed by atoms with van der Waals surface area (Å²) in [6.07, 6.45) is 0. The molecule has 1 aromatic heterocycles. The molecule has 2 atom stereocenters. The van der Waals surface area contributed by atoms with Gasteiger partial charge in [0.1, 0.15) is 5.52 Å². The molecule has 142 valence electrons. The van der Waals surface area contributed by atoms with Crippen LogP contribution in [0.25, 0.3) is 11.1 Å². The molecule has 1 fully saturated rings.